The van der Waals surface area contributed by atoms with Crippen LogP contribution in [0.2, 0.25) is 0 Å². The van der Waals surface area contributed by atoms with Crippen molar-refractivity contribution >= 4 is 54.4 Å². The van der Waals surface area contributed by atoms with E-state index in [1.807, 2.05) is 50.2 Å². The first-order valence-corrected chi connectivity index (χ1v) is 8.30. The first-order valence-electron chi connectivity index (χ1n) is 6.72. The van der Waals surface area contributed by atoms with Crippen LogP contribution < -0.4 is 5.32 Å². The van der Waals surface area contributed by atoms with Gasteiger partial charge in [-0.05, 0) is 55.8 Å². The Morgan fingerprint density at radius 1 is 1.09 bits per heavy atom. The molecule has 1 heterocycles. The molecule has 3 aromatic rings. The Hall–Kier alpha value is -1.59. The maximum atomic E-state index is 12.5. The van der Waals surface area contributed by atoms with Gasteiger partial charge in [-0.1, -0.05) is 31.9 Å². The van der Waals surface area contributed by atoms with Crippen LogP contribution in [0.1, 0.15) is 21.7 Å². The monoisotopic (exact) mass is 421 g/mol. The van der Waals surface area contributed by atoms with E-state index in [1.54, 1.807) is 0 Å². The zero-order valence-electron chi connectivity index (χ0n) is 12.0. The maximum Gasteiger partial charge on any atom is 0.291 e. The maximum absolute atomic E-state index is 12.5. The van der Waals surface area contributed by atoms with Crippen LogP contribution in [0.25, 0.3) is 11.0 Å². The number of rotatable bonds is 2. The number of nitrogens with one attached hydrogen (secondary N) is 1. The van der Waals surface area contributed by atoms with Crippen LogP contribution in [-0.4, -0.2) is 5.91 Å². The summed E-state index contributed by atoms with van der Waals surface area (Å²) in [6.07, 6.45) is 0. The first kappa shape index (κ1) is 15.3. The number of hydrogen-bond acceptors (Lipinski definition) is 2. The lowest BCUT2D eigenvalue weighted by Crippen LogP contribution is -2.12. The minimum absolute atomic E-state index is 0.244. The fourth-order valence-corrected chi connectivity index (χ4v) is 2.93. The smallest absolute Gasteiger partial charge is 0.291 e. The van der Waals surface area contributed by atoms with Crippen molar-refractivity contribution in [2.75, 3.05) is 5.32 Å². The number of furan rings is 1. The van der Waals surface area contributed by atoms with E-state index in [-0.39, 0.29) is 5.91 Å². The lowest BCUT2D eigenvalue weighted by Gasteiger charge is -2.06. The summed E-state index contributed by atoms with van der Waals surface area (Å²) in [5.41, 5.74) is 3.34. The van der Waals surface area contributed by atoms with Crippen LogP contribution in [0.15, 0.2) is 49.8 Å². The number of amides is 1. The molecule has 0 spiro atoms. The molecule has 1 amide bonds. The number of halogens is 2. The molecule has 1 N–H and O–H groups in total. The van der Waals surface area contributed by atoms with Crippen molar-refractivity contribution in [3.8, 4) is 0 Å². The standard InChI is InChI=1S/C17H13Br2NO2/c1-9-7-12(4-5-14(9)19)20-17(21)16-10(2)13-8-11(18)3-6-15(13)22-16/h3-8H,1-2H3,(H,20,21). The fraction of sp³-hybridized carbons (Fsp3) is 0.118. The highest BCUT2D eigenvalue weighted by Gasteiger charge is 2.18. The van der Waals surface area contributed by atoms with Gasteiger partial charge in [0.2, 0.25) is 0 Å². The van der Waals surface area contributed by atoms with Gasteiger partial charge in [-0.15, -0.1) is 0 Å². The van der Waals surface area contributed by atoms with Gasteiger partial charge in [-0.2, -0.15) is 0 Å². The van der Waals surface area contributed by atoms with E-state index in [9.17, 15) is 4.79 Å². The van der Waals surface area contributed by atoms with Crippen molar-refractivity contribution in [2.45, 2.75) is 13.8 Å². The third kappa shape index (κ3) is 2.83. The van der Waals surface area contributed by atoms with Crippen molar-refractivity contribution in [3.63, 3.8) is 0 Å². The second-order valence-corrected chi connectivity index (χ2v) is 6.88. The molecule has 3 nitrogen and oxygen atoms in total. The molecular formula is C17H13Br2NO2. The number of carbonyl (C=O) groups excluding carboxylic acids is 1. The van der Waals surface area contributed by atoms with E-state index >= 15 is 0 Å². The van der Waals surface area contributed by atoms with Crippen LogP contribution >= 0.6 is 31.9 Å². The second-order valence-electron chi connectivity index (χ2n) is 5.11. The molecule has 0 bridgehead atoms. The molecule has 2 aromatic carbocycles. The first-order chi connectivity index (χ1) is 10.5. The van der Waals surface area contributed by atoms with Crippen molar-refractivity contribution in [1.29, 1.82) is 0 Å². The number of carbonyl (C=O) groups is 1. The van der Waals surface area contributed by atoms with Gasteiger partial charge in [-0.3, -0.25) is 4.79 Å². The largest absolute Gasteiger partial charge is 0.451 e. The Bertz CT molecular complexity index is 884. The molecule has 0 unspecified atom stereocenters. The van der Waals surface area contributed by atoms with Crippen molar-refractivity contribution in [3.05, 3.63) is 62.2 Å². The summed E-state index contributed by atoms with van der Waals surface area (Å²) in [6, 6.07) is 11.4. The van der Waals surface area contributed by atoms with Gasteiger partial charge >= 0.3 is 0 Å². The highest BCUT2D eigenvalue weighted by Crippen LogP contribution is 2.29. The van der Waals surface area contributed by atoms with Crippen molar-refractivity contribution in [2.24, 2.45) is 0 Å². The summed E-state index contributed by atoms with van der Waals surface area (Å²) in [4.78, 5) is 12.5. The Morgan fingerprint density at radius 3 is 2.59 bits per heavy atom. The van der Waals surface area contributed by atoms with Crippen LogP contribution in [0.5, 0.6) is 0 Å². The zero-order chi connectivity index (χ0) is 15.9. The summed E-state index contributed by atoms with van der Waals surface area (Å²) < 4.78 is 7.67. The van der Waals surface area contributed by atoms with E-state index in [1.165, 1.54) is 0 Å². The average molecular weight is 423 g/mol. The van der Waals surface area contributed by atoms with Crippen molar-refractivity contribution < 1.29 is 9.21 Å². The molecular weight excluding hydrogens is 410 g/mol. The molecule has 5 heteroatoms. The highest BCUT2D eigenvalue weighted by molar-refractivity contribution is 9.10. The van der Waals surface area contributed by atoms with Gasteiger partial charge in [0.1, 0.15) is 5.58 Å². The number of anilines is 1. The van der Waals surface area contributed by atoms with Gasteiger partial charge in [-0.25, -0.2) is 0 Å². The summed E-state index contributed by atoms with van der Waals surface area (Å²) in [5, 5.41) is 3.81. The molecule has 0 aliphatic heterocycles. The van der Waals surface area contributed by atoms with Gasteiger partial charge in [0.15, 0.2) is 5.76 Å². The van der Waals surface area contributed by atoms with E-state index in [0.29, 0.717) is 11.3 Å². The van der Waals surface area contributed by atoms with E-state index in [2.05, 4.69) is 37.2 Å². The van der Waals surface area contributed by atoms with Gasteiger partial charge in [0, 0.05) is 25.6 Å². The molecule has 0 saturated carbocycles. The van der Waals surface area contributed by atoms with E-state index in [4.69, 9.17) is 4.42 Å². The molecule has 0 radical (unpaired) electrons. The Labute approximate surface area is 145 Å². The highest BCUT2D eigenvalue weighted by atomic mass is 79.9. The normalized spacial score (nSPS) is 10.9. The minimum atomic E-state index is -0.244. The minimum Gasteiger partial charge on any atom is -0.451 e. The Morgan fingerprint density at radius 2 is 1.86 bits per heavy atom. The van der Waals surface area contributed by atoms with Crippen LogP contribution in [0, 0.1) is 13.8 Å². The third-order valence-corrected chi connectivity index (χ3v) is 4.90. The molecule has 3 rings (SSSR count). The molecule has 1 aromatic heterocycles. The molecule has 0 fully saturated rings. The topological polar surface area (TPSA) is 42.2 Å². The fourth-order valence-electron chi connectivity index (χ4n) is 2.32. The Balaban J connectivity index is 1.95. The van der Waals surface area contributed by atoms with Crippen LogP contribution in [0.4, 0.5) is 5.69 Å². The van der Waals surface area contributed by atoms with Crippen LogP contribution in [-0.2, 0) is 0 Å². The number of fused-ring (bicyclic) bond motifs is 1. The van der Waals surface area contributed by atoms with Gasteiger partial charge in [0.25, 0.3) is 5.91 Å². The molecule has 0 aliphatic carbocycles. The average Bonchev–Trinajstić information content (AvgIpc) is 2.80. The van der Waals surface area contributed by atoms with Crippen LogP contribution in [0.3, 0.4) is 0 Å². The van der Waals surface area contributed by atoms with Gasteiger partial charge < -0.3 is 9.73 Å². The molecule has 0 atom stereocenters. The summed E-state index contributed by atoms with van der Waals surface area (Å²) in [5.74, 6) is 0.0974. The lowest BCUT2D eigenvalue weighted by atomic mass is 10.1. The summed E-state index contributed by atoms with van der Waals surface area (Å²) >= 11 is 6.88. The number of aryl methyl sites for hydroxylation is 2. The predicted molar refractivity (Wildman–Crippen MR) is 95.5 cm³/mol. The van der Waals surface area contributed by atoms with Gasteiger partial charge in [0.05, 0.1) is 0 Å². The number of benzene rings is 2. The summed E-state index contributed by atoms with van der Waals surface area (Å²) in [6.45, 7) is 3.86. The number of hydrogen-bond donors (Lipinski definition) is 1. The molecule has 112 valence electrons. The molecule has 22 heavy (non-hydrogen) atoms. The Kier molecular flexibility index (Phi) is 4.10. The molecule has 0 aliphatic rings. The SMILES string of the molecule is Cc1cc(NC(=O)c2oc3ccc(Br)cc3c2C)ccc1Br. The van der Waals surface area contributed by atoms with E-state index < -0.39 is 0 Å². The van der Waals surface area contributed by atoms with Crippen molar-refractivity contribution in [1.82, 2.24) is 0 Å². The summed E-state index contributed by atoms with van der Waals surface area (Å²) in [7, 11) is 0. The third-order valence-electron chi connectivity index (χ3n) is 3.52. The second kappa shape index (κ2) is 5.89. The lowest BCUT2D eigenvalue weighted by molar-refractivity contribution is 0.0998. The van der Waals surface area contributed by atoms with E-state index in [0.717, 1.165) is 31.1 Å². The quantitative estimate of drug-likeness (QED) is 0.564. The predicted octanol–water partition coefficient (Wildman–Crippen LogP) is 5.83. The molecule has 0 saturated heterocycles. The zero-order valence-corrected chi connectivity index (χ0v) is 15.2.